The van der Waals surface area contributed by atoms with Crippen molar-refractivity contribution >= 4 is 33.9 Å². The van der Waals surface area contributed by atoms with E-state index in [0.29, 0.717) is 12.8 Å². The summed E-state index contributed by atoms with van der Waals surface area (Å²) in [4.78, 5) is 21.0. The molecule has 0 aromatic rings. The van der Waals surface area contributed by atoms with E-state index in [0.717, 1.165) is 0 Å². The van der Waals surface area contributed by atoms with Gasteiger partial charge in [0.05, 0.1) is 0 Å². The van der Waals surface area contributed by atoms with Crippen LogP contribution in [0.1, 0.15) is 26.7 Å². The van der Waals surface area contributed by atoms with E-state index in [1.54, 1.807) is 13.8 Å². The Bertz CT molecular complexity index is 130. The van der Waals surface area contributed by atoms with Gasteiger partial charge in [0.2, 0.25) is 0 Å². The van der Waals surface area contributed by atoms with Crippen LogP contribution in [-0.4, -0.2) is 33.9 Å². The fourth-order valence-corrected chi connectivity index (χ4v) is 1.73. The Morgan fingerprint density at radius 2 is 1.45 bits per heavy atom. The van der Waals surface area contributed by atoms with Crippen molar-refractivity contribution in [3.63, 3.8) is 0 Å². The van der Waals surface area contributed by atoms with Gasteiger partial charge < -0.3 is 0 Å². The molecule has 0 aliphatic rings. The first-order chi connectivity index (χ1) is 5.20. The Labute approximate surface area is 76.6 Å². The molecule has 2 radical (unpaired) electrons. The normalized spacial score (nSPS) is 8.91. The Morgan fingerprint density at radius 1 is 1.09 bits per heavy atom. The van der Waals surface area contributed by atoms with Crippen LogP contribution in [0.2, 0.25) is 0 Å². The molecule has 4 nitrogen and oxygen atoms in total. The van der Waals surface area contributed by atoms with Crippen LogP contribution in [0.3, 0.4) is 0 Å². The molecule has 0 aliphatic carbocycles. The molecule has 0 bridgehead atoms. The van der Waals surface area contributed by atoms with Crippen molar-refractivity contribution in [2.45, 2.75) is 26.7 Å². The van der Waals surface area contributed by atoms with Crippen LogP contribution in [0.4, 0.5) is 0 Å². The van der Waals surface area contributed by atoms with Crippen molar-refractivity contribution in [3.8, 4) is 0 Å². The van der Waals surface area contributed by atoms with E-state index in [1.165, 1.54) is 0 Å². The van der Waals surface area contributed by atoms with Crippen LogP contribution in [0.5, 0.6) is 0 Å². The number of carbonyl (C=O) groups excluding carboxylic acids is 2. The summed E-state index contributed by atoms with van der Waals surface area (Å²) in [5.41, 5.74) is 0. The molecule has 0 unspecified atom stereocenters. The molecule has 0 aliphatic heterocycles. The average molecular weight is 265 g/mol. The summed E-state index contributed by atoms with van der Waals surface area (Å²) >= 11 is -1.66. The van der Waals surface area contributed by atoms with Crippen molar-refractivity contribution in [2.24, 2.45) is 0 Å². The molecular formula is C6H10O4Sn. The van der Waals surface area contributed by atoms with Crippen LogP contribution >= 0.6 is 0 Å². The second kappa shape index (κ2) is 6.45. The van der Waals surface area contributed by atoms with Gasteiger partial charge in [-0.2, -0.15) is 0 Å². The molecule has 0 aromatic carbocycles. The van der Waals surface area contributed by atoms with Gasteiger partial charge >= 0.3 is 76.3 Å². The summed E-state index contributed by atoms with van der Waals surface area (Å²) in [7, 11) is 0. The van der Waals surface area contributed by atoms with Gasteiger partial charge in [-0.25, -0.2) is 0 Å². The number of hydrogen-bond donors (Lipinski definition) is 0. The van der Waals surface area contributed by atoms with Crippen molar-refractivity contribution in [1.82, 2.24) is 0 Å². The molecular weight excluding hydrogens is 255 g/mol. The third-order valence-electron chi connectivity index (χ3n) is 0.888. The Balaban J connectivity index is 3.27. The second-order valence-electron chi connectivity index (χ2n) is 1.74. The summed E-state index contributed by atoms with van der Waals surface area (Å²) in [5, 5.41) is 0. The number of carbonyl (C=O) groups is 2. The summed E-state index contributed by atoms with van der Waals surface area (Å²) < 4.78 is 9.30. The maximum atomic E-state index is 10.5. The van der Waals surface area contributed by atoms with Crippen molar-refractivity contribution in [1.29, 1.82) is 0 Å². The third kappa shape index (κ3) is 6.15. The van der Waals surface area contributed by atoms with Gasteiger partial charge in [-0.05, 0) is 0 Å². The third-order valence-corrected chi connectivity index (χ3v) is 2.66. The molecule has 0 N–H and O–H groups in total. The van der Waals surface area contributed by atoms with Crippen molar-refractivity contribution in [3.05, 3.63) is 0 Å². The first kappa shape index (κ1) is 10.7. The molecule has 0 saturated heterocycles. The standard InChI is InChI=1S/2C3H6O2.Sn/c2*1-2-3(4)5;/h2*2H2,1H3,(H,4,5);/q;;+2/p-2. The van der Waals surface area contributed by atoms with Gasteiger partial charge in [-0.1, -0.05) is 0 Å². The molecule has 0 fully saturated rings. The van der Waals surface area contributed by atoms with E-state index in [1.807, 2.05) is 0 Å². The first-order valence-corrected chi connectivity index (χ1v) is 5.68. The van der Waals surface area contributed by atoms with E-state index < -0.39 is 22.0 Å². The summed E-state index contributed by atoms with van der Waals surface area (Å²) in [6, 6.07) is 0. The van der Waals surface area contributed by atoms with Crippen LogP contribution in [0.15, 0.2) is 0 Å². The molecule has 0 heterocycles. The van der Waals surface area contributed by atoms with Crippen LogP contribution < -0.4 is 0 Å². The Hall–Kier alpha value is -0.261. The molecule has 0 atom stereocenters. The van der Waals surface area contributed by atoms with Crippen LogP contribution in [0, 0.1) is 0 Å². The quantitative estimate of drug-likeness (QED) is 0.691. The predicted octanol–water partition coefficient (Wildman–Crippen LogP) is 0.427. The molecule has 5 heteroatoms. The van der Waals surface area contributed by atoms with E-state index in [-0.39, 0.29) is 11.9 Å². The van der Waals surface area contributed by atoms with Crippen LogP contribution in [-0.2, 0) is 15.7 Å². The molecule has 62 valence electrons. The molecule has 0 amide bonds. The van der Waals surface area contributed by atoms with Crippen molar-refractivity contribution in [2.75, 3.05) is 0 Å². The molecule has 0 rings (SSSR count). The van der Waals surface area contributed by atoms with E-state index in [4.69, 9.17) is 0 Å². The summed E-state index contributed by atoms with van der Waals surface area (Å²) in [6.07, 6.45) is 0.676. The van der Waals surface area contributed by atoms with Gasteiger partial charge in [-0.15, -0.1) is 0 Å². The topological polar surface area (TPSA) is 52.6 Å². The SMILES string of the molecule is CCC(=O)[O][Sn][O]C(=O)CC. The van der Waals surface area contributed by atoms with E-state index in [9.17, 15) is 9.59 Å². The average Bonchev–Trinajstić information content (AvgIpc) is 2.04. The minimum atomic E-state index is -1.66. The predicted molar refractivity (Wildman–Crippen MR) is 38.5 cm³/mol. The maximum absolute atomic E-state index is 10.5. The molecule has 0 spiro atoms. The van der Waals surface area contributed by atoms with Gasteiger partial charge in [-0.3, -0.25) is 0 Å². The Morgan fingerprint density at radius 3 is 1.73 bits per heavy atom. The first-order valence-electron chi connectivity index (χ1n) is 3.35. The molecule has 0 aromatic heterocycles. The molecule has 11 heavy (non-hydrogen) atoms. The fraction of sp³-hybridized carbons (Fsp3) is 0.667. The van der Waals surface area contributed by atoms with Gasteiger partial charge in [0.25, 0.3) is 0 Å². The summed E-state index contributed by atoms with van der Waals surface area (Å²) in [6.45, 7) is 3.40. The molecule has 0 saturated carbocycles. The zero-order chi connectivity index (χ0) is 8.69. The zero-order valence-corrected chi connectivity index (χ0v) is 9.40. The minimum absolute atomic E-state index is 0.291. The fourth-order valence-electron chi connectivity index (χ4n) is 0.258. The van der Waals surface area contributed by atoms with Gasteiger partial charge in [0, 0.05) is 0 Å². The van der Waals surface area contributed by atoms with E-state index >= 15 is 0 Å². The van der Waals surface area contributed by atoms with Crippen LogP contribution in [0.25, 0.3) is 0 Å². The Kier molecular flexibility index (Phi) is 6.30. The summed E-state index contributed by atoms with van der Waals surface area (Å²) in [5.74, 6) is -0.582. The number of rotatable bonds is 4. The zero-order valence-electron chi connectivity index (χ0n) is 6.55. The second-order valence-corrected chi connectivity index (χ2v) is 3.38. The van der Waals surface area contributed by atoms with Gasteiger partial charge in [0.1, 0.15) is 0 Å². The number of hydrogen-bond acceptors (Lipinski definition) is 4. The monoisotopic (exact) mass is 266 g/mol. The van der Waals surface area contributed by atoms with Gasteiger partial charge in [0.15, 0.2) is 0 Å². The van der Waals surface area contributed by atoms with E-state index in [2.05, 4.69) is 6.15 Å². The van der Waals surface area contributed by atoms with Crippen molar-refractivity contribution < 1.29 is 15.7 Å².